The Bertz CT molecular complexity index is 367. The molecule has 0 saturated carbocycles. The molecule has 0 bridgehead atoms. The molecule has 1 aromatic heterocycles. The van der Waals surface area contributed by atoms with E-state index in [9.17, 15) is 0 Å². The van der Waals surface area contributed by atoms with Crippen molar-refractivity contribution in [1.82, 2.24) is 15.0 Å². The minimum atomic E-state index is 0.0279. The lowest BCUT2D eigenvalue weighted by molar-refractivity contribution is 0.395. The van der Waals surface area contributed by atoms with Gasteiger partial charge < -0.3 is 0 Å². The quantitative estimate of drug-likeness (QED) is 0.782. The van der Waals surface area contributed by atoms with Gasteiger partial charge in [-0.3, -0.25) is 0 Å². The van der Waals surface area contributed by atoms with E-state index in [0.717, 1.165) is 30.9 Å². The van der Waals surface area contributed by atoms with Crippen LogP contribution in [0.15, 0.2) is 6.33 Å². The standard InChI is InChI=1S/C14H25N3/c1-7-13(4,5)11-15-10-16-12(17-11)14(6,8-2)9-3/h10H,7-9H2,1-6H3. The summed E-state index contributed by atoms with van der Waals surface area (Å²) >= 11 is 0. The van der Waals surface area contributed by atoms with E-state index in [1.165, 1.54) is 0 Å². The highest BCUT2D eigenvalue weighted by molar-refractivity contribution is 5.10. The average molecular weight is 235 g/mol. The first-order valence-electron chi connectivity index (χ1n) is 6.59. The zero-order chi connectivity index (χ0) is 13.1. The van der Waals surface area contributed by atoms with Crippen LogP contribution in [0, 0.1) is 0 Å². The lowest BCUT2D eigenvalue weighted by Crippen LogP contribution is -2.27. The van der Waals surface area contributed by atoms with Crippen LogP contribution in [-0.4, -0.2) is 15.0 Å². The van der Waals surface area contributed by atoms with Gasteiger partial charge in [-0.1, -0.05) is 41.5 Å². The molecule has 17 heavy (non-hydrogen) atoms. The van der Waals surface area contributed by atoms with Crippen LogP contribution in [-0.2, 0) is 10.8 Å². The Kier molecular flexibility index (Phi) is 4.23. The summed E-state index contributed by atoms with van der Waals surface area (Å²) in [5.74, 6) is 1.85. The number of aromatic nitrogens is 3. The van der Waals surface area contributed by atoms with E-state index in [4.69, 9.17) is 4.98 Å². The molecule has 0 amide bonds. The van der Waals surface area contributed by atoms with E-state index in [1.54, 1.807) is 6.33 Å². The van der Waals surface area contributed by atoms with Crippen molar-refractivity contribution in [3.63, 3.8) is 0 Å². The van der Waals surface area contributed by atoms with Gasteiger partial charge in [0.05, 0.1) is 0 Å². The van der Waals surface area contributed by atoms with Gasteiger partial charge in [-0.15, -0.1) is 0 Å². The maximum atomic E-state index is 4.71. The van der Waals surface area contributed by atoms with Crippen LogP contribution in [0.3, 0.4) is 0 Å². The van der Waals surface area contributed by atoms with Crippen molar-refractivity contribution < 1.29 is 0 Å². The molecule has 3 nitrogen and oxygen atoms in total. The van der Waals surface area contributed by atoms with Crippen LogP contribution in [0.4, 0.5) is 0 Å². The Morgan fingerprint density at radius 2 is 1.41 bits per heavy atom. The van der Waals surface area contributed by atoms with Gasteiger partial charge in [-0.2, -0.15) is 0 Å². The van der Waals surface area contributed by atoms with E-state index in [0.29, 0.717) is 0 Å². The molecular formula is C14H25N3. The molecular weight excluding hydrogens is 210 g/mol. The second-order valence-corrected chi connectivity index (χ2v) is 5.64. The minimum absolute atomic E-state index is 0.0279. The SMILES string of the molecule is CCC(C)(C)c1ncnc(C(C)(CC)CC)n1. The summed E-state index contributed by atoms with van der Waals surface area (Å²) in [6.07, 6.45) is 4.81. The Balaban J connectivity index is 3.18. The zero-order valence-electron chi connectivity index (χ0n) is 12.0. The van der Waals surface area contributed by atoms with Gasteiger partial charge >= 0.3 is 0 Å². The fourth-order valence-corrected chi connectivity index (χ4v) is 1.64. The molecule has 0 unspecified atom stereocenters. The highest BCUT2D eigenvalue weighted by atomic mass is 15.0. The molecule has 0 aliphatic rings. The smallest absolute Gasteiger partial charge is 0.138 e. The van der Waals surface area contributed by atoms with E-state index in [-0.39, 0.29) is 10.8 Å². The van der Waals surface area contributed by atoms with E-state index >= 15 is 0 Å². The summed E-state index contributed by atoms with van der Waals surface area (Å²) in [7, 11) is 0. The lowest BCUT2D eigenvalue weighted by atomic mass is 9.83. The molecule has 0 spiro atoms. The van der Waals surface area contributed by atoms with Crippen molar-refractivity contribution in [2.45, 2.75) is 71.6 Å². The van der Waals surface area contributed by atoms with E-state index < -0.39 is 0 Å². The van der Waals surface area contributed by atoms with Gasteiger partial charge in [0.2, 0.25) is 0 Å². The van der Waals surface area contributed by atoms with Crippen LogP contribution in [0.2, 0.25) is 0 Å². The van der Waals surface area contributed by atoms with Gasteiger partial charge in [0.25, 0.3) is 0 Å². The van der Waals surface area contributed by atoms with Crippen molar-refractivity contribution in [2.75, 3.05) is 0 Å². The van der Waals surface area contributed by atoms with Crippen molar-refractivity contribution in [2.24, 2.45) is 0 Å². The van der Waals surface area contributed by atoms with Gasteiger partial charge in [0.1, 0.15) is 18.0 Å². The lowest BCUT2D eigenvalue weighted by Gasteiger charge is -2.27. The van der Waals surface area contributed by atoms with Crippen LogP contribution in [0.25, 0.3) is 0 Å². The van der Waals surface area contributed by atoms with E-state index in [2.05, 4.69) is 51.5 Å². The molecule has 96 valence electrons. The molecule has 0 fully saturated rings. The molecule has 0 saturated heterocycles. The number of nitrogens with zero attached hydrogens (tertiary/aromatic N) is 3. The third kappa shape index (κ3) is 2.82. The van der Waals surface area contributed by atoms with E-state index in [1.807, 2.05) is 0 Å². The Hall–Kier alpha value is -0.990. The molecule has 0 aliphatic heterocycles. The van der Waals surface area contributed by atoms with Crippen molar-refractivity contribution in [3.05, 3.63) is 18.0 Å². The topological polar surface area (TPSA) is 38.7 Å². The predicted molar refractivity (Wildman–Crippen MR) is 71.1 cm³/mol. The Labute approximate surface area is 105 Å². The summed E-state index contributed by atoms with van der Waals surface area (Å²) in [4.78, 5) is 13.4. The minimum Gasteiger partial charge on any atom is -0.221 e. The van der Waals surface area contributed by atoms with Gasteiger partial charge in [-0.05, 0) is 19.3 Å². The van der Waals surface area contributed by atoms with Crippen molar-refractivity contribution >= 4 is 0 Å². The average Bonchev–Trinajstić information content (AvgIpc) is 2.38. The maximum absolute atomic E-state index is 4.71. The second kappa shape index (κ2) is 5.11. The van der Waals surface area contributed by atoms with Crippen molar-refractivity contribution in [1.29, 1.82) is 0 Å². The fourth-order valence-electron chi connectivity index (χ4n) is 1.64. The summed E-state index contributed by atoms with van der Waals surface area (Å²) in [5, 5.41) is 0. The third-order valence-electron chi connectivity index (χ3n) is 4.16. The summed E-state index contributed by atoms with van der Waals surface area (Å²) < 4.78 is 0. The van der Waals surface area contributed by atoms with Crippen LogP contribution >= 0.6 is 0 Å². The highest BCUT2D eigenvalue weighted by Gasteiger charge is 2.29. The normalized spacial score (nSPS) is 12.8. The molecule has 1 heterocycles. The molecule has 0 aromatic carbocycles. The molecule has 1 rings (SSSR count). The number of hydrogen-bond acceptors (Lipinski definition) is 3. The second-order valence-electron chi connectivity index (χ2n) is 5.64. The van der Waals surface area contributed by atoms with Gasteiger partial charge in [0, 0.05) is 10.8 Å². The first kappa shape index (κ1) is 14.1. The first-order valence-corrected chi connectivity index (χ1v) is 6.59. The largest absolute Gasteiger partial charge is 0.221 e. The highest BCUT2D eigenvalue weighted by Crippen LogP contribution is 2.30. The summed E-state index contributed by atoms with van der Waals surface area (Å²) in [5.41, 5.74) is 0.0988. The van der Waals surface area contributed by atoms with Crippen LogP contribution < -0.4 is 0 Å². The van der Waals surface area contributed by atoms with Crippen LogP contribution in [0.1, 0.15) is 72.5 Å². The zero-order valence-corrected chi connectivity index (χ0v) is 12.0. The molecule has 0 atom stereocenters. The summed E-state index contributed by atoms with van der Waals surface area (Å²) in [6.45, 7) is 13.1. The first-order chi connectivity index (χ1) is 7.89. The molecule has 3 heteroatoms. The maximum Gasteiger partial charge on any atom is 0.138 e. The molecule has 0 N–H and O–H groups in total. The number of hydrogen-bond donors (Lipinski definition) is 0. The van der Waals surface area contributed by atoms with Crippen LogP contribution in [0.5, 0.6) is 0 Å². The molecule has 1 aromatic rings. The monoisotopic (exact) mass is 235 g/mol. The number of rotatable bonds is 5. The molecule has 0 aliphatic carbocycles. The fraction of sp³-hybridized carbons (Fsp3) is 0.786. The summed E-state index contributed by atoms with van der Waals surface area (Å²) in [6, 6.07) is 0. The Morgan fingerprint density at radius 3 is 1.88 bits per heavy atom. The van der Waals surface area contributed by atoms with Crippen molar-refractivity contribution in [3.8, 4) is 0 Å². The molecule has 0 radical (unpaired) electrons. The predicted octanol–water partition coefficient (Wildman–Crippen LogP) is 3.64. The van der Waals surface area contributed by atoms with Gasteiger partial charge in [-0.25, -0.2) is 15.0 Å². The third-order valence-corrected chi connectivity index (χ3v) is 4.16. The Morgan fingerprint density at radius 1 is 0.882 bits per heavy atom. The van der Waals surface area contributed by atoms with Gasteiger partial charge in [0.15, 0.2) is 0 Å².